The Morgan fingerprint density at radius 2 is 2.16 bits per heavy atom. The van der Waals surface area contributed by atoms with Gasteiger partial charge < -0.3 is 5.32 Å². The Morgan fingerprint density at radius 3 is 2.74 bits per heavy atom. The summed E-state index contributed by atoms with van der Waals surface area (Å²) in [4.78, 5) is 4.30. The van der Waals surface area contributed by atoms with Gasteiger partial charge in [-0.1, -0.05) is 17.7 Å². The van der Waals surface area contributed by atoms with E-state index in [1.807, 2.05) is 26.0 Å². The van der Waals surface area contributed by atoms with Crippen LogP contribution in [0.25, 0.3) is 5.69 Å². The molecule has 1 aromatic carbocycles. The van der Waals surface area contributed by atoms with E-state index in [-0.39, 0.29) is 0 Å². The number of halogens is 1. The van der Waals surface area contributed by atoms with Crippen molar-refractivity contribution in [2.24, 2.45) is 0 Å². The topological polar surface area (TPSA) is 42.7 Å². The molecule has 1 aromatic heterocycles. The molecule has 5 heteroatoms. The highest BCUT2D eigenvalue weighted by atomic mass is 35.5. The number of rotatable bonds is 4. The highest BCUT2D eigenvalue weighted by Gasteiger charge is 2.20. The molecule has 100 valence electrons. The Bertz CT molecular complexity index is 601. The molecule has 0 atom stereocenters. The van der Waals surface area contributed by atoms with E-state index in [9.17, 15) is 0 Å². The van der Waals surface area contributed by atoms with Gasteiger partial charge in [0.15, 0.2) is 0 Å². The van der Waals surface area contributed by atoms with Gasteiger partial charge in [-0.2, -0.15) is 5.10 Å². The molecule has 4 nitrogen and oxygen atoms in total. The van der Waals surface area contributed by atoms with E-state index >= 15 is 0 Å². The third-order valence-electron chi connectivity index (χ3n) is 3.29. The standard InChI is InChI=1S/C14H17ClN4/c1-9-17-10(2)19(18-9)14-6-3-11(7-13(14)15)8-16-12-4-5-12/h3,6-7,12,16H,4-5,8H2,1-2H3. The third kappa shape index (κ3) is 2.80. The van der Waals surface area contributed by atoms with Crippen molar-refractivity contribution < 1.29 is 0 Å². The van der Waals surface area contributed by atoms with Gasteiger partial charge in [-0.3, -0.25) is 0 Å². The average molecular weight is 277 g/mol. The largest absolute Gasteiger partial charge is 0.310 e. The minimum Gasteiger partial charge on any atom is -0.310 e. The molecule has 0 radical (unpaired) electrons. The molecule has 0 unspecified atom stereocenters. The fourth-order valence-electron chi connectivity index (χ4n) is 2.13. The van der Waals surface area contributed by atoms with Crippen LogP contribution in [0.4, 0.5) is 0 Å². The number of hydrogen-bond donors (Lipinski definition) is 1. The predicted molar refractivity (Wildman–Crippen MR) is 75.7 cm³/mol. The lowest BCUT2D eigenvalue weighted by molar-refractivity contribution is 0.687. The SMILES string of the molecule is Cc1nc(C)n(-c2ccc(CNC3CC3)cc2Cl)n1. The van der Waals surface area contributed by atoms with Crippen LogP contribution >= 0.6 is 11.6 Å². The Balaban J connectivity index is 1.84. The van der Waals surface area contributed by atoms with E-state index in [2.05, 4.69) is 21.5 Å². The van der Waals surface area contributed by atoms with Gasteiger partial charge in [0.25, 0.3) is 0 Å². The zero-order chi connectivity index (χ0) is 13.4. The summed E-state index contributed by atoms with van der Waals surface area (Å²) in [6.07, 6.45) is 2.59. The monoisotopic (exact) mass is 276 g/mol. The average Bonchev–Trinajstić information content (AvgIpc) is 3.12. The molecule has 1 aliphatic carbocycles. The van der Waals surface area contributed by atoms with Gasteiger partial charge in [-0.05, 0) is 44.4 Å². The number of benzene rings is 1. The Morgan fingerprint density at radius 1 is 1.37 bits per heavy atom. The van der Waals surface area contributed by atoms with Crippen molar-refractivity contribution in [1.82, 2.24) is 20.1 Å². The van der Waals surface area contributed by atoms with Gasteiger partial charge in [0.1, 0.15) is 11.6 Å². The van der Waals surface area contributed by atoms with Crippen LogP contribution in [0, 0.1) is 13.8 Å². The van der Waals surface area contributed by atoms with Crippen LogP contribution in [-0.2, 0) is 6.54 Å². The van der Waals surface area contributed by atoms with Gasteiger partial charge in [-0.25, -0.2) is 9.67 Å². The molecule has 1 heterocycles. The fraction of sp³-hybridized carbons (Fsp3) is 0.429. The molecule has 3 rings (SSSR count). The van der Waals surface area contributed by atoms with Crippen LogP contribution in [-0.4, -0.2) is 20.8 Å². The van der Waals surface area contributed by atoms with E-state index in [1.165, 1.54) is 18.4 Å². The highest BCUT2D eigenvalue weighted by Crippen LogP contribution is 2.24. The van der Waals surface area contributed by atoms with Gasteiger partial charge in [0, 0.05) is 12.6 Å². The zero-order valence-electron chi connectivity index (χ0n) is 11.2. The first-order valence-corrected chi connectivity index (χ1v) is 6.94. The molecule has 2 aromatic rings. The fourth-order valence-corrected chi connectivity index (χ4v) is 2.41. The van der Waals surface area contributed by atoms with E-state index in [0.717, 1.165) is 23.9 Å². The molecular formula is C14H17ClN4. The molecule has 0 aliphatic heterocycles. The molecule has 19 heavy (non-hydrogen) atoms. The normalized spacial score (nSPS) is 14.9. The lowest BCUT2D eigenvalue weighted by Gasteiger charge is -2.09. The Kier molecular flexibility index (Phi) is 3.29. The summed E-state index contributed by atoms with van der Waals surface area (Å²) in [5.41, 5.74) is 2.09. The van der Waals surface area contributed by atoms with Crippen LogP contribution < -0.4 is 5.32 Å². The highest BCUT2D eigenvalue weighted by molar-refractivity contribution is 6.32. The van der Waals surface area contributed by atoms with E-state index in [1.54, 1.807) is 4.68 Å². The van der Waals surface area contributed by atoms with Crippen molar-refractivity contribution >= 4 is 11.6 Å². The van der Waals surface area contributed by atoms with Gasteiger partial charge in [0.05, 0.1) is 10.7 Å². The maximum Gasteiger partial charge on any atom is 0.148 e. The summed E-state index contributed by atoms with van der Waals surface area (Å²) in [6.45, 7) is 4.68. The van der Waals surface area contributed by atoms with Gasteiger partial charge >= 0.3 is 0 Å². The van der Waals surface area contributed by atoms with Gasteiger partial charge in [-0.15, -0.1) is 0 Å². The van der Waals surface area contributed by atoms with Crippen molar-refractivity contribution in [2.75, 3.05) is 0 Å². The molecule has 0 spiro atoms. The van der Waals surface area contributed by atoms with Crippen molar-refractivity contribution in [3.05, 3.63) is 40.4 Å². The summed E-state index contributed by atoms with van der Waals surface area (Å²) < 4.78 is 1.79. The lowest BCUT2D eigenvalue weighted by atomic mass is 10.2. The Hall–Kier alpha value is -1.39. The summed E-state index contributed by atoms with van der Waals surface area (Å²) in [7, 11) is 0. The quantitative estimate of drug-likeness (QED) is 0.934. The number of aromatic nitrogens is 3. The summed E-state index contributed by atoms with van der Waals surface area (Å²) in [5, 5.41) is 8.55. The van der Waals surface area contributed by atoms with Gasteiger partial charge in [0.2, 0.25) is 0 Å². The van der Waals surface area contributed by atoms with Crippen molar-refractivity contribution in [3.8, 4) is 5.69 Å². The van der Waals surface area contributed by atoms with Crippen LogP contribution in [0.1, 0.15) is 30.1 Å². The predicted octanol–water partition coefficient (Wildman–Crippen LogP) is 2.79. The third-order valence-corrected chi connectivity index (χ3v) is 3.59. The molecule has 0 saturated heterocycles. The number of hydrogen-bond acceptors (Lipinski definition) is 3. The second-order valence-corrected chi connectivity index (χ2v) is 5.47. The molecule has 1 saturated carbocycles. The Labute approximate surface area is 117 Å². The van der Waals surface area contributed by atoms with E-state index in [0.29, 0.717) is 11.1 Å². The maximum absolute atomic E-state index is 6.36. The zero-order valence-corrected chi connectivity index (χ0v) is 11.9. The van der Waals surface area contributed by atoms with Crippen molar-refractivity contribution in [3.63, 3.8) is 0 Å². The molecule has 0 amide bonds. The first-order valence-electron chi connectivity index (χ1n) is 6.56. The molecule has 1 N–H and O–H groups in total. The first-order chi connectivity index (χ1) is 9.13. The van der Waals surface area contributed by atoms with Crippen molar-refractivity contribution in [2.45, 2.75) is 39.3 Å². The maximum atomic E-state index is 6.36. The first kappa shape index (κ1) is 12.6. The van der Waals surface area contributed by atoms with Crippen LogP contribution in [0.2, 0.25) is 5.02 Å². The minimum atomic E-state index is 0.707. The smallest absolute Gasteiger partial charge is 0.148 e. The van der Waals surface area contributed by atoms with Crippen LogP contribution in [0.15, 0.2) is 18.2 Å². The molecule has 0 bridgehead atoms. The second-order valence-electron chi connectivity index (χ2n) is 5.06. The van der Waals surface area contributed by atoms with E-state index in [4.69, 9.17) is 11.6 Å². The number of nitrogens with one attached hydrogen (secondary N) is 1. The summed E-state index contributed by atoms with van der Waals surface area (Å²) >= 11 is 6.36. The van der Waals surface area contributed by atoms with Crippen LogP contribution in [0.3, 0.4) is 0 Å². The van der Waals surface area contributed by atoms with E-state index < -0.39 is 0 Å². The number of nitrogens with zero attached hydrogens (tertiary/aromatic N) is 3. The van der Waals surface area contributed by atoms with Crippen molar-refractivity contribution in [1.29, 1.82) is 0 Å². The number of aryl methyl sites for hydroxylation is 2. The van der Waals surface area contributed by atoms with Crippen LogP contribution in [0.5, 0.6) is 0 Å². The lowest BCUT2D eigenvalue weighted by Crippen LogP contribution is -2.15. The summed E-state index contributed by atoms with van der Waals surface area (Å²) in [6, 6.07) is 6.81. The molecule has 1 fully saturated rings. The minimum absolute atomic E-state index is 0.707. The summed E-state index contributed by atoms with van der Waals surface area (Å²) in [5.74, 6) is 1.61. The molecular weight excluding hydrogens is 260 g/mol. The molecule has 1 aliphatic rings. The second kappa shape index (κ2) is 4.94.